The van der Waals surface area contributed by atoms with E-state index in [2.05, 4.69) is 27.4 Å². The van der Waals surface area contributed by atoms with Crippen LogP contribution in [0.2, 0.25) is 0 Å². The normalized spacial score (nSPS) is 15.4. The topological polar surface area (TPSA) is 55.6 Å². The summed E-state index contributed by atoms with van der Waals surface area (Å²) in [4.78, 5) is 5.91. The number of hydrogen-bond acceptors (Lipinski definition) is 5. The largest absolute Gasteiger partial charge is 0.367 e. The van der Waals surface area contributed by atoms with E-state index in [4.69, 9.17) is 0 Å². The van der Waals surface area contributed by atoms with Crippen LogP contribution in [0.5, 0.6) is 0 Å². The van der Waals surface area contributed by atoms with Crippen molar-refractivity contribution in [1.29, 1.82) is 0 Å². The Morgan fingerprint density at radius 2 is 1.79 bits per heavy atom. The number of fused-ring (bicyclic) bond motifs is 1. The van der Waals surface area contributed by atoms with Crippen molar-refractivity contribution in [3.05, 3.63) is 57.7 Å². The average Bonchev–Trinajstić information content (AvgIpc) is 3.55. The van der Waals surface area contributed by atoms with Crippen LogP contribution in [0.15, 0.2) is 35.8 Å². The van der Waals surface area contributed by atoms with E-state index < -0.39 is 5.92 Å². The molecule has 3 aromatic rings. The molecule has 1 aliphatic carbocycles. The van der Waals surface area contributed by atoms with Gasteiger partial charge in [0, 0.05) is 24.4 Å². The van der Waals surface area contributed by atoms with Crippen molar-refractivity contribution in [3.63, 3.8) is 0 Å². The van der Waals surface area contributed by atoms with E-state index in [1.54, 1.807) is 11.0 Å². The molecule has 2 aromatic heterocycles. The molecule has 0 aliphatic heterocycles. The lowest BCUT2D eigenvalue weighted by molar-refractivity contribution is 0.0133. The molecular weight excluding hydrogens is 452 g/mol. The number of alkyl halides is 2. The number of aromatic nitrogens is 4. The molecule has 0 amide bonds. The lowest BCUT2D eigenvalue weighted by Crippen LogP contribution is -2.14. The second-order valence-electron chi connectivity index (χ2n) is 9.01. The fraction of sp³-hybridized carbons (Fsp3) is 0.500. The van der Waals surface area contributed by atoms with Gasteiger partial charge in [0.15, 0.2) is 5.82 Å². The van der Waals surface area contributed by atoms with E-state index in [1.807, 2.05) is 30.3 Å². The highest BCUT2D eigenvalue weighted by atomic mass is 32.1. The third-order valence-electron chi connectivity index (χ3n) is 6.17. The highest BCUT2D eigenvalue weighted by molar-refractivity contribution is 7.10. The van der Waals surface area contributed by atoms with E-state index >= 15 is 0 Å². The minimum absolute atomic E-state index is 0.204. The Morgan fingerprint density at radius 3 is 2.53 bits per heavy atom. The van der Waals surface area contributed by atoms with Gasteiger partial charge in [0.25, 0.3) is 5.92 Å². The molecule has 0 saturated carbocycles. The first-order valence-electron chi connectivity index (χ1n) is 12.3. The summed E-state index contributed by atoms with van der Waals surface area (Å²) in [5.41, 5.74) is 2.71. The van der Waals surface area contributed by atoms with Crippen molar-refractivity contribution in [1.82, 2.24) is 20.0 Å². The van der Waals surface area contributed by atoms with Crippen LogP contribution in [-0.4, -0.2) is 26.5 Å². The van der Waals surface area contributed by atoms with Gasteiger partial charge in [0.2, 0.25) is 0 Å². The number of nitrogens with one attached hydrogen (secondary N) is 1. The molecule has 1 unspecified atom stereocenters. The van der Waals surface area contributed by atoms with Crippen LogP contribution in [0.25, 0.3) is 11.6 Å². The van der Waals surface area contributed by atoms with E-state index in [0.717, 1.165) is 42.4 Å². The summed E-state index contributed by atoms with van der Waals surface area (Å²) in [6.45, 7) is 3.98. The molecule has 8 heteroatoms. The van der Waals surface area contributed by atoms with Crippen molar-refractivity contribution in [3.8, 4) is 0 Å². The molecule has 4 rings (SSSR count). The van der Waals surface area contributed by atoms with Gasteiger partial charge in [-0.05, 0) is 23.6 Å². The summed E-state index contributed by atoms with van der Waals surface area (Å²) >= 11 is 1.23. The molecule has 1 aromatic carbocycles. The Bertz CT molecular complexity index is 1100. The number of nitrogens with zero attached hydrogens (tertiary/aromatic N) is 4. The highest BCUT2D eigenvalue weighted by Gasteiger charge is 2.33. The van der Waals surface area contributed by atoms with Gasteiger partial charge in [0.1, 0.15) is 16.7 Å². The maximum atomic E-state index is 13.8. The minimum atomic E-state index is -2.97. The third kappa shape index (κ3) is 5.90. The zero-order valence-corrected chi connectivity index (χ0v) is 20.8. The van der Waals surface area contributed by atoms with Crippen molar-refractivity contribution in [2.75, 3.05) is 11.9 Å². The van der Waals surface area contributed by atoms with Gasteiger partial charge in [-0.15, -0.1) is 16.4 Å². The number of allylic oxidation sites excluding steroid dienone is 1. The Morgan fingerprint density at radius 1 is 1.06 bits per heavy atom. The van der Waals surface area contributed by atoms with Crippen LogP contribution in [0, 0.1) is 0 Å². The number of anilines is 1. The van der Waals surface area contributed by atoms with Gasteiger partial charge >= 0.3 is 0 Å². The summed E-state index contributed by atoms with van der Waals surface area (Å²) < 4.78 is 27.6. The molecule has 1 atom stereocenters. The summed E-state index contributed by atoms with van der Waals surface area (Å²) in [5, 5.41) is 14.6. The van der Waals surface area contributed by atoms with Gasteiger partial charge in [-0.25, -0.2) is 4.98 Å². The minimum Gasteiger partial charge on any atom is -0.367 e. The second kappa shape index (κ2) is 11.2. The van der Waals surface area contributed by atoms with Crippen LogP contribution in [0.1, 0.15) is 93.1 Å². The Kier molecular flexibility index (Phi) is 8.08. The first-order chi connectivity index (χ1) is 16.5. The molecule has 34 heavy (non-hydrogen) atoms. The maximum Gasteiger partial charge on any atom is 0.287 e. The number of rotatable bonds is 13. The lowest BCUT2D eigenvalue weighted by Gasteiger charge is -2.15. The lowest BCUT2D eigenvalue weighted by atomic mass is 10.0. The van der Waals surface area contributed by atoms with Crippen molar-refractivity contribution >= 4 is 28.8 Å². The van der Waals surface area contributed by atoms with Crippen molar-refractivity contribution in [2.24, 2.45) is 0 Å². The van der Waals surface area contributed by atoms with Gasteiger partial charge in [-0.1, -0.05) is 76.1 Å². The van der Waals surface area contributed by atoms with Gasteiger partial charge in [0.05, 0.1) is 6.20 Å². The standard InChI is InChI=1S/C26H33F2N5S/c1-3-4-5-6-7-8-9-12-15-29-23-17-30-33(32-23)24-20-14-11-10-13-19(20)16-21(24)25-31-22(18-34-25)26(2,27)28/h10-11,13-14,16-18,24H,3-9,12,15H2,1-2H3,(H,29,32). The fourth-order valence-electron chi connectivity index (χ4n) is 4.30. The molecule has 0 spiro atoms. The van der Waals surface area contributed by atoms with E-state index in [1.165, 1.54) is 61.7 Å². The molecule has 0 saturated heterocycles. The predicted octanol–water partition coefficient (Wildman–Crippen LogP) is 7.54. The third-order valence-corrected chi connectivity index (χ3v) is 7.06. The molecule has 2 heterocycles. The Balaban J connectivity index is 1.39. The van der Waals surface area contributed by atoms with Crippen molar-refractivity contribution in [2.45, 2.75) is 77.2 Å². The smallest absolute Gasteiger partial charge is 0.287 e. The highest BCUT2D eigenvalue weighted by Crippen LogP contribution is 2.44. The van der Waals surface area contributed by atoms with Gasteiger partial charge < -0.3 is 5.32 Å². The fourth-order valence-corrected chi connectivity index (χ4v) is 5.24. The number of hydrogen-bond donors (Lipinski definition) is 1. The summed E-state index contributed by atoms with van der Waals surface area (Å²) in [7, 11) is 0. The number of unbranched alkanes of at least 4 members (excludes halogenated alkanes) is 7. The monoisotopic (exact) mass is 485 g/mol. The first kappa shape index (κ1) is 24.5. The zero-order chi connectivity index (χ0) is 24.0. The van der Waals surface area contributed by atoms with Crippen molar-refractivity contribution < 1.29 is 8.78 Å². The summed E-state index contributed by atoms with van der Waals surface area (Å²) in [6, 6.07) is 7.70. The number of benzene rings is 1. The molecule has 5 nitrogen and oxygen atoms in total. The van der Waals surface area contributed by atoms with Crippen LogP contribution >= 0.6 is 11.3 Å². The molecule has 0 fully saturated rings. The molecule has 1 aliphatic rings. The van der Waals surface area contributed by atoms with E-state index in [-0.39, 0.29) is 11.7 Å². The molecule has 1 N–H and O–H groups in total. The van der Waals surface area contributed by atoms with Crippen LogP contribution in [0.3, 0.4) is 0 Å². The zero-order valence-electron chi connectivity index (χ0n) is 19.9. The van der Waals surface area contributed by atoms with Gasteiger partial charge in [-0.3, -0.25) is 0 Å². The van der Waals surface area contributed by atoms with Crippen LogP contribution in [-0.2, 0) is 5.92 Å². The van der Waals surface area contributed by atoms with E-state index in [0.29, 0.717) is 5.01 Å². The Hall–Kier alpha value is -2.61. The van der Waals surface area contributed by atoms with Crippen LogP contribution < -0.4 is 5.32 Å². The quantitative estimate of drug-likeness (QED) is 0.254. The average molecular weight is 486 g/mol. The molecular formula is C26H33F2N5S. The first-order valence-corrected chi connectivity index (χ1v) is 13.2. The summed E-state index contributed by atoms with van der Waals surface area (Å²) in [6.07, 6.45) is 14.0. The predicted molar refractivity (Wildman–Crippen MR) is 135 cm³/mol. The SMILES string of the molecule is CCCCCCCCCCNc1cnn(C2C(c3nc(C(C)(F)F)cs3)=Cc3ccccc32)n1. The maximum absolute atomic E-state index is 13.8. The second-order valence-corrected chi connectivity index (χ2v) is 9.87. The molecule has 0 radical (unpaired) electrons. The van der Waals surface area contributed by atoms with Gasteiger partial charge in [-0.2, -0.15) is 18.7 Å². The number of thiazole rings is 1. The van der Waals surface area contributed by atoms with E-state index in [9.17, 15) is 8.78 Å². The molecule has 0 bridgehead atoms. The molecule has 182 valence electrons. The summed E-state index contributed by atoms with van der Waals surface area (Å²) in [5.74, 6) is -2.24. The Labute approximate surface area is 204 Å². The van der Waals surface area contributed by atoms with Crippen LogP contribution in [0.4, 0.5) is 14.6 Å². The number of halogens is 2.